The Morgan fingerprint density at radius 1 is 1.09 bits per heavy atom. The summed E-state index contributed by atoms with van der Waals surface area (Å²) in [6.07, 6.45) is 0. The molecule has 0 aliphatic carbocycles. The first-order chi connectivity index (χ1) is 16.3. The highest BCUT2D eigenvalue weighted by Gasteiger charge is 2.18. The summed E-state index contributed by atoms with van der Waals surface area (Å²) in [5.41, 5.74) is 2.43. The maximum atomic E-state index is 13.0. The van der Waals surface area contributed by atoms with E-state index in [1.165, 1.54) is 17.4 Å². The summed E-state index contributed by atoms with van der Waals surface area (Å²) in [6, 6.07) is 16.6. The van der Waals surface area contributed by atoms with Gasteiger partial charge in [0.05, 0.1) is 15.1 Å². The molecule has 4 aromatic rings. The minimum absolute atomic E-state index is 0.147. The zero-order chi connectivity index (χ0) is 23.9. The number of amides is 1. The van der Waals surface area contributed by atoms with Crippen molar-refractivity contribution < 1.29 is 22.7 Å². The van der Waals surface area contributed by atoms with Crippen LogP contribution in [0, 0.1) is 6.92 Å². The predicted molar refractivity (Wildman–Crippen MR) is 130 cm³/mol. The Balaban J connectivity index is 1.46. The van der Waals surface area contributed by atoms with Crippen LogP contribution < -0.4 is 19.0 Å². The normalized spacial score (nSPS) is 13.4. The van der Waals surface area contributed by atoms with Gasteiger partial charge in [-0.25, -0.2) is 8.42 Å². The molecule has 2 heterocycles. The summed E-state index contributed by atoms with van der Waals surface area (Å²) in [6.45, 7) is 4.66. The van der Waals surface area contributed by atoms with Crippen LogP contribution in [-0.2, 0) is 16.6 Å². The number of hydrogen-bond donors (Lipinski definition) is 1. The van der Waals surface area contributed by atoms with Crippen LogP contribution >= 0.6 is 11.3 Å². The molecular formula is C24H21N3O5S2. The second-order valence-corrected chi connectivity index (χ2v) is 10.4. The molecule has 0 bridgehead atoms. The van der Waals surface area contributed by atoms with Crippen LogP contribution in [0.1, 0.15) is 22.8 Å². The van der Waals surface area contributed by atoms with Gasteiger partial charge in [0.25, 0.3) is 15.9 Å². The molecule has 0 saturated heterocycles. The number of aryl methyl sites for hydroxylation is 2. The van der Waals surface area contributed by atoms with Crippen LogP contribution in [0.15, 0.2) is 70.6 Å². The van der Waals surface area contributed by atoms with Gasteiger partial charge in [-0.3, -0.25) is 9.52 Å². The minimum Gasteiger partial charge on any atom is -0.454 e. The van der Waals surface area contributed by atoms with Crippen molar-refractivity contribution >= 4 is 43.2 Å². The van der Waals surface area contributed by atoms with Crippen molar-refractivity contribution in [2.45, 2.75) is 25.3 Å². The molecule has 0 spiro atoms. The highest BCUT2D eigenvalue weighted by molar-refractivity contribution is 7.92. The lowest BCUT2D eigenvalue weighted by Crippen LogP contribution is -2.16. The molecule has 0 unspecified atom stereocenters. The maximum absolute atomic E-state index is 13.0. The lowest BCUT2D eigenvalue weighted by molar-refractivity contribution is 0.0998. The molecule has 1 N–H and O–H groups in total. The SMILES string of the molecule is CCn1c(=NC(=O)c2cccc(NS(=O)(=O)c3ccc(C)cc3)c2)sc2cc3c(cc21)OCO3. The largest absolute Gasteiger partial charge is 0.454 e. The molecule has 34 heavy (non-hydrogen) atoms. The number of carbonyl (C=O) groups excluding carboxylic acids is 1. The number of benzene rings is 3. The number of rotatable bonds is 5. The average Bonchev–Trinajstić information content (AvgIpc) is 3.40. The van der Waals surface area contributed by atoms with E-state index >= 15 is 0 Å². The molecule has 0 fully saturated rings. The standard InChI is InChI=1S/C24H21N3O5S2/c1-3-27-19-12-20-21(32-14-31-20)13-22(19)33-24(27)25-23(28)16-5-4-6-17(11-16)26-34(29,30)18-9-7-15(2)8-10-18/h4-13,26H,3,14H2,1-2H3. The number of nitrogens with one attached hydrogen (secondary N) is 1. The molecule has 1 amide bonds. The van der Waals surface area contributed by atoms with Gasteiger partial charge in [-0.05, 0) is 44.2 Å². The van der Waals surface area contributed by atoms with E-state index in [2.05, 4.69) is 9.71 Å². The number of sulfonamides is 1. The fraction of sp³-hybridized carbons (Fsp3) is 0.167. The monoisotopic (exact) mass is 495 g/mol. The van der Waals surface area contributed by atoms with Gasteiger partial charge in [0.15, 0.2) is 16.3 Å². The fourth-order valence-corrected chi connectivity index (χ4v) is 5.80. The van der Waals surface area contributed by atoms with E-state index in [0.717, 1.165) is 15.8 Å². The van der Waals surface area contributed by atoms with E-state index in [-0.39, 0.29) is 22.9 Å². The van der Waals surface area contributed by atoms with Crippen molar-refractivity contribution in [2.75, 3.05) is 11.5 Å². The molecule has 174 valence electrons. The van der Waals surface area contributed by atoms with Gasteiger partial charge in [0, 0.05) is 29.9 Å². The molecule has 8 nitrogen and oxygen atoms in total. The Morgan fingerprint density at radius 2 is 1.82 bits per heavy atom. The minimum atomic E-state index is -3.78. The van der Waals surface area contributed by atoms with Crippen molar-refractivity contribution in [3.8, 4) is 11.5 Å². The molecule has 5 rings (SSSR count). The number of anilines is 1. The highest BCUT2D eigenvalue weighted by Crippen LogP contribution is 2.37. The second-order valence-electron chi connectivity index (χ2n) is 7.72. The number of thiazole rings is 1. The summed E-state index contributed by atoms with van der Waals surface area (Å²) in [5.74, 6) is 0.868. The Labute approximate surface area is 200 Å². The molecule has 0 atom stereocenters. The lowest BCUT2D eigenvalue weighted by Gasteiger charge is -2.09. The molecule has 1 aliphatic rings. The van der Waals surface area contributed by atoms with Crippen molar-refractivity contribution in [1.82, 2.24) is 4.57 Å². The lowest BCUT2D eigenvalue weighted by atomic mass is 10.2. The number of fused-ring (bicyclic) bond motifs is 2. The molecule has 0 saturated carbocycles. The van der Waals surface area contributed by atoms with E-state index in [1.807, 2.05) is 30.5 Å². The van der Waals surface area contributed by atoms with Crippen LogP contribution in [0.25, 0.3) is 10.2 Å². The van der Waals surface area contributed by atoms with Gasteiger partial charge >= 0.3 is 0 Å². The summed E-state index contributed by atoms with van der Waals surface area (Å²) in [4.78, 5) is 18.0. The molecular weight excluding hydrogens is 474 g/mol. The first-order valence-corrected chi connectivity index (χ1v) is 12.9. The topological polar surface area (TPSA) is 99.0 Å². The van der Waals surface area contributed by atoms with Crippen LogP contribution in [0.4, 0.5) is 5.69 Å². The third-order valence-electron chi connectivity index (χ3n) is 5.38. The first kappa shape index (κ1) is 22.2. The first-order valence-electron chi connectivity index (χ1n) is 10.6. The number of ether oxygens (including phenoxy) is 2. The number of nitrogens with zero attached hydrogens (tertiary/aromatic N) is 2. The highest BCUT2D eigenvalue weighted by atomic mass is 32.2. The molecule has 1 aromatic heterocycles. The van der Waals surface area contributed by atoms with Gasteiger partial charge in [-0.15, -0.1) is 0 Å². The summed E-state index contributed by atoms with van der Waals surface area (Å²) in [7, 11) is -3.78. The zero-order valence-electron chi connectivity index (χ0n) is 18.4. The van der Waals surface area contributed by atoms with E-state index in [9.17, 15) is 13.2 Å². The van der Waals surface area contributed by atoms with Gasteiger partial charge in [0.1, 0.15) is 0 Å². The van der Waals surface area contributed by atoms with Gasteiger partial charge < -0.3 is 14.0 Å². The predicted octanol–water partition coefficient (Wildman–Crippen LogP) is 4.30. The van der Waals surface area contributed by atoms with Crippen LogP contribution in [-0.4, -0.2) is 25.7 Å². The maximum Gasteiger partial charge on any atom is 0.279 e. The van der Waals surface area contributed by atoms with Gasteiger partial charge in [-0.1, -0.05) is 35.1 Å². The Bertz CT molecular complexity index is 1590. The summed E-state index contributed by atoms with van der Waals surface area (Å²) in [5, 5.41) is 0. The van der Waals surface area contributed by atoms with E-state index in [0.29, 0.717) is 22.8 Å². The van der Waals surface area contributed by atoms with Crippen molar-refractivity contribution in [1.29, 1.82) is 0 Å². The van der Waals surface area contributed by atoms with Crippen molar-refractivity contribution in [2.24, 2.45) is 4.99 Å². The fourth-order valence-electron chi connectivity index (χ4n) is 3.65. The average molecular weight is 496 g/mol. The second kappa shape index (κ2) is 8.62. The number of aromatic nitrogens is 1. The molecule has 10 heteroatoms. The molecule has 1 aliphatic heterocycles. The smallest absolute Gasteiger partial charge is 0.279 e. The van der Waals surface area contributed by atoms with Gasteiger partial charge in [0.2, 0.25) is 6.79 Å². The van der Waals surface area contributed by atoms with Crippen LogP contribution in [0.3, 0.4) is 0 Å². The van der Waals surface area contributed by atoms with Crippen LogP contribution in [0.5, 0.6) is 11.5 Å². The molecule has 0 radical (unpaired) electrons. The number of carbonyl (C=O) groups is 1. The summed E-state index contributed by atoms with van der Waals surface area (Å²) >= 11 is 1.38. The Morgan fingerprint density at radius 3 is 2.56 bits per heavy atom. The van der Waals surface area contributed by atoms with E-state index in [4.69, 9.17) is 9.47 Å². The zero-order valence-corrected chi connectivity index (χ0v) is 20.1. The quantitative estimate of drug-likeness (QED) is 0.445. The van der Waals surface area contributed by atoms with E-state index < -0.39 is 15.9 Å². The van der Waals surface area contributed by atoms with Crippen molar-refractivity contribution in [3.05, 3.63) is 76.6 Å². The van der Waals surface area contributed by atoms with Crippen molar-refractivity contribution in [3.63, 3.8) is 0 Å². The van der Waals surface area contributed by atoms with Crippen LogP contribution in [0.2, 0.25) is 0 Å². The Kier molecular flexibility index (Phi) is 5.62. The third kappa shape index (κ3) is 4.17. The Hall–Kier alpha value is -3.63. The van der Waals surface area contributed by atoms with E-state index in [1.54, 1.807) is 42.5 Å². The molecule has 3 aromatic carbocycles. The number of hydrogen-bond acceptors (Lipinski definition) is 6. The summed E-state index contributed by atoms with van der Waals surface area (Å²) < 4.78 is 41.7. The van der Waals surface area contributed by atoms with Gasteiger partial charge in [-0.2, -0.15) is 4.99 Å². The third-order valence-corrected chi connectivity index (χ3v) is 7.82.